The van der Waals surface area contributed by atoms with Crippen molar-refractivity contribution in [2.24, 2.45) is 5.73 Å². The van der Waals surface area contributed by atoms with Crippen LogP contribution in [-0.4, -0.2) is 8.42 Å². The highest BCUT2D eigenvalue weighted by atomic mass is 32.2. The summed E-state index contributed by atoms with van der Waals surface area (Å²) < 4.78 is 32.9. The van der Waals surface area contributed by atoms with Crippen LogP contribution in [0, 0.1) is 13.8 Å². The molecule has 0 saturated carbocycles. The predicted molar refractivity (Wildman–Crippen MR) is 81.3 cm³/mol. The van der Waals surface area contributed by atoms with Crippen molar-refractivity contribution in [2.45, 2.75) is 38.3 Å². The van der Waals surface area contributed by atoms with Crippen LogP contribution in [-0.2, 0) is 16.6 Å². The minimum atomic E-state index is -3.61. The summed E-state index contributed by atoms with van der Waals surface area (Å²) in [7, 11) is -3.61. The number of nitrogens with one attached hydrogen (secondary N) is 1. The number of hydrogen-bond donors (Lipinski definition) is 2. The molecule has 21 heavy (non-hydrogen) atoms. The average molecular weight is 308 g/mol. The first-order valence-electron chi connectivity index (χ1n) is 6.72. The summed E-state index contributed by atoms with van der Waals surface area (Å²) in [5.41, 5.74) is 7.42. The van der Waals surface area contributed by atoms with Crippen molar-refractivity contribution in [2.75, 3.05) is 0 Å². The van der Waals surface area contributed by atoms with Gasteiger partial charge in [-0.1, -0.05) is 6.07 Å². The molecule has 0 spiro atoms. The third-order valence-electron chi connectivity index (χ3n) is 3.37. The molecule has 0 aliphatic heterocycles. The minimum Gasteiger partial charge on any atom is -0.465 e. The zero-order chi connectivity index (χ0) is 15.6. The van der Waals surface area contributed by atoms with Gasteiger partial charge in [-0.15, -0.1) is 0 Å². The Labute approximate surface area is 125 Å². The van der Waals surface area contributed by atoms with Gasteiger partial charge in [0.2, 0.25) is 10.0 Å². The van der Waals surface area contributed by atoms with E-state index in [0.717, 1.165) is 16.9 Å². The molecule has 2 rings (SSSR count). The van der Waals surface area contributed by atoms with Gasteiger partial charge in [-0.2, -0.15) is 0 Å². The van der Waals surface area contributed by atoms with Gasteiger partial charge in [-0.05, 0) is 56.2 Å². The molecular formula is C15H20N2O3S. The van der Waals surface area contributed by atoms with Crippen molar-refractivity contribution in [3.05, 3.63) is 53.0 Å². The van der Waals surface area contributed by atoms with Crippen LogP contribution in [0.15, 0.2) is 39.6 Å². The van der Waals surface area contributed by atoms with Gasteiger partial charge in [0.1, 0.15) is 11.5 Å². The lowest BCUT2D eigenvalue weighted by molar-refractivity contribution is 0.441. The summed E-state index contributed by atoms with van der Waals surface area (Å²) in [6.45, 7) is 5.77. The van der Waals surface area contributed by atoms with Crippen LogP contribution in [0.2, 0.25) is 0 Å². The van der Waals surface area contributed by atoms with Crippen LogP contribution >= 0.6 is 0 Å². The van der Waals surface area contributed by atoms with E-state index < -0.39 is 16.1 Å². The Kier molecular flexibility index (Phi) is 4.51. The summed E-state index contributed by atoms with van der Waals surface area (Å²) in [5.74, 6) is 1.33. The van der Waals surface area contributed by atoms with Crippen molar-refractivity contribution in [3.8, 4) is 0 Å². The molecule has 0 saturated heterocycles. The Morgan fingerprint density at radius 1 is 1.24 bits per heavy atom. The summed E-state index contributed by atoms with van der Waals surface area (Å²) in [4.78, 5) is 0.212. The van der Waals surface area contributed by atoms with Crippen LogP contribution < -0.4 is 10.5 Å². The number of benzene rings is 1. The fourth-order valence-corrected chi connectivity index (χ4v) is 3.34. The number of nitrogens with two attached hydrogens (primary N) is 1. The number of sulfonamides is 1. The smallest absolute Gasteiger partial charge is 0.241 e. The zero-order valence-electron chi connectivity index (χ0n) is 12.4. The number of hydrogen-bond acceptors (Lipinski definition) is 4. The Hall–Kier alpha value is -1.63. The lowest BCUT2D eigenvalue weighted by Crippen LogP contribution is -2.26. The monoisotopic (exact) mass is 308 g/mol. The van der Waals surface area contributed by atoms with Crippen molar-refractivity contribution in [3.63, 3.8) is 0 Å². The van der Waals surface area contributed by atoms with Gasteiger partial charge in [-0.3, -0.25) is 0 Å². The maximum Gasteiger partial charge on any atom is 0.241 e. The van der Waals surface area contributed by atoms with Crippen molar-refractivity contribution < 1.29 is 12.8 Å². The Bertz CT molecular complexity index is 735. The van der Waals surface area contributed by atoms with Crippen molar-refractivity contribution in [1.82, 2.24) is 4.72 Å². The van der Waals surface area contributed by atoms with Crippen LogP contribution in [0.4, 0.5) is 0 Å². The first kappa shape index (κ1) is 15.8. The summed E-state index contributed by atoms with van der Waals surface area (Å²) in [6, 6.07) is 8.08. The summed E-state index contributed by atoms with van der Waals surface area (Å²) in [5, 5.41) is 0. The molecule has 0 aliphatic carbocycles. The quantitative estimate of drug-likeness (QED) is 0.888. The van der Waals surface area contributed by atoms with Gasteiger partial charge in [0, 0.05) is 6.54 Å². The molecule has 0 aliphatic rings. The highest BCUT2D eigenvalue weighted by Crippen LogP contribution is 2.20. The molecule has 6 heteroatoms. The molecule has 0 fully saturated rings. The van der Waals surface area contributed by atoms with E-state index in [4.69, 9.17) is 10.2 Å². The van der Waals surface area contributed by atoms with E-state index in [9.17, 15) is 8.42 Å². The number of aryl methyl sites for hydroxylation is 2. The van der Waals surface area contributed by atoms with Crippen LogP contribution in [0.1, 0.15) is 35.6 Å². The Morgan fingerprint density at radius 2 is 1.95 bits per heavy atom. The molecule has 3 N–H and O–H groups in total. The maximum absolute atomic E-state index is 12.4. The van der Waals surface area contributed by atoms with Crippen LogP contribution in [0.3, 0.4) is 0 Å². The van der Waals surface area contributed by atoms with E-state index >= 15 is 0 Å². The van der Waals surface area contributed by atoms with E-state index in [1.807, 2.05) is 13.8 Å². The highest BCUT2D eigenvalue weighted by Gasteiger charge is 2.20. The zero-order valence-corrected chi connectivity index (χ0v) is 13.2. The molecule has 2 aromatic rings. The molecule has 114 valence electrons. The molecule has 1 unspecified atom stereocenters. The van der Waals surface area contributed by atoms with E-state index in [0.29, 0.717) is 12.3 Å². The van der Waals surface area contributed by atoms with E-state index in [-0.39, 0.29) is 4.90 Å². The molecular weight excluding hydrogens is 288 g/mol. The fourth-order valence-electron chi connectivity index (χ4n) is 2.08. The lowest BCUT2D eigenvalue weighted by Gasteiger charge is -2.13. The third kappa shape index (κ3) is 3.53. The number of furan rings is 1. The Balaban J connectivity index is 2.26. The second-order valence-corrected chi connectivity index (χ2v) is 6.80. The van der Waals surface area contributed by atoms with Gasteiger partial charge < -0.3 is 10.2 Å². The average Bonchev–Trinajstić information content (AvgIpc) is 2.85. The van der Waals surface area contributed by atoms with Gasteiger partial charge in [0.25, 0.3) is 0 Å². The fraction of sp³-hybridized carbons (Fsp3) is 0.333. The molecule has 1 heterocycles. The third-order valence-corrected chi connectivity index (χ3v) is 4.91. The molecule has 1 atom stereocenters. The SMILES string of the molecule is Cc1ccc(C(C)NS(=O)(=O)c2ccc(C)c(CN)c2)o1. The molecule has 1 aromatic heterocycles. The first-order valence-corrected chi connectivity index (χ1v) is 8.20. The number of rotatable bonds is 5. The summed E-state index contributed by atoms with van der Waals surface area (Å²) >= 11 is 0. The second-order valence-electron chi connectivity index (χ2n) is 5.08. The van der Waals surface area contributed by atoms with Gasteiger partial charge in [0.15, 0.2) is 0 Å². The van der Waals surface area contributed by atoms with E-state index in [2.05, 4.69) is 4.72 Å². The largest absolute Gasteiger partial charge is 0.465 e. The first-order chi connectivity index (χ1) is 9.83. The molecule has 5 nitrogen and oxygen atoms in total. The molecule has 0 amide bonds. The van der Waals surface area contributed by atoms with Crippen molar-refractivity contribution in [1.29, 1.82) is 0 Å². The Morgan fingerprint density at radius 3 is 2.52 bits per heavy atom. The van der Waals surface area contributed by atoms with Crippen LogP contribution in [0.5, 0.6) is 0 Å². The molecule has 0 bridgehead atoms. The van der Waals surface area contributed by atoms with Crippen molar-refractivity contribution >= 4 is 10.0 Å². The topological polar surface area (TPSA) is 85.3 Å². The summed E-state index contributed by atoms with van der Waals surface area (Å²) in [6.07, 6.45) is 0. The normalized spacial score (nSPS) is 13.3. The van der Waals surface area contributed by atoms with E-state index in [1.54, 1.807) is 37.3 Å². The standard InChI is InChI=1S/C15H20N2O3S/c1-10-4-6-14(8-13(10)9-16)21(18,19)17-12(3)15-7-5-11(2)20-15/h4-8,12,17H,9,16H2,1-3H3. The highest BCUT2D eigenvalue weighted by molar-refractivity contribution is 7.89. The molecule has 1 aromatic carbocycles. The van der Waals surface area contributed by atoms with Gasteiger partial charge in [0.05, 0.1) is 10.9 Å². The maximum atomic E-state index is 12.4. The molecule has 0 radical (unpaired) electrons. The lowest BCUT2D eigenvalue weighted by atomic mass is 10.1. The van der Waals surface area contributed by atoms with Gasteiger partial charge >= 0.3 is 0 Å². The van der Waals surface area contributed by atoms with Crippen LogP contribution in [0.25, 0.3) is 0 Å². The minimum absolute atomic E-state index is 0.212. The second kappa shape index (κ2) is 6.01. The van der Waals surface area contributed by atoms with Gasteiger partial charge in [-0.25, -0.2) is 13.1 Å². The predicted octanol–water partition coefficient (Wildman–Crippen LogP) is 2.39. The van der Waals surface area contributed by atoms with E-state index in [1.165, 1.54) is 0 Å².